The third kappa shape index (κ3) is 3.95. The summed E-state index contributed by atoms with van der Waals surface area (Å²) in [6, 6.07) is 9.94. The molecule has 1 atom stereocenters. The summed E-state index contributed by atoms with van der Waals surface area (Å²) < 4.78 is 0. The van der Waals surface area contributed by atoms with Gasteiger partial charge in [-0.2, -0.15) is 0 Å². The van der Waals surface area contributed by atoms with Gasteiger partial charge in [0, 0.05) is 24.7 Å². The first-order chi connectivity index (χ1) is 9.15. The molecule has 1 aromatic rings. The monoisotopic (exact) mass is 259 g/mol. The van der Waals surface area contributed by atoms with Crippen LogP contribution in [-0.2, 0) is 9.59 Å². The van der Waals surface area contributed by atoms with Crippen molar-refractivity contribution in [1.29, 1.82) is 0 Å². The molecule has 0 amide bonds. The van der Waals surface area contributed by atoms with Crippen LogP contribution < -0.4 is 5.32 Å². The molecule has 4 nitrogen and oxygen atoms in total. The van der Waals surface area contributed by atoms with E-state index in [2.05, 4.69) is 5.32 Å². The third-order valence-corrected chi connectivity index (χ3v) is 3.21. The van der Waals surface area contributed by atoms with Gasteiger partial charge in [0.2, 0.25) is 0 Å². The van der Waals surface area contributed by atoms with Gasteiger partial charge in [-0.05, 0) is 17.9 Å². The maximum Gasteiger partial charge on any atom is 0.305 e. The molecule has 0 aliphatic heterocycles. The number of aliphatic carboxylic acids is 1. The lowest BCUT2D eigenvalue weighted by atomic mass is 9.85. The third-order valence-electron chi connectivity index (χ3n) is 3.21. The topological polar surface area (TPSA) is 66.4 Å². The number of carbonyl (C=O) groups excluding carboxylic acids is 1. The lowest BCUT2D eigenvalue weighted by Gasteiger charge is -2.23. The molecule has 4 heteroatoms. The van der Waals surface area contributed by atoms with E-state index in [0.717, 1.165) is 17.7 Å². The fraction of sp³-hybridized carbons (Fsp3) is 0.333. The van der Waals surface area contributed by atoms with Crippen molar-refractivity contribution in [2.45, 2.75) is 25.2 Å². The number of benzene rings is 1. The molecule has 0 saturated carbocycles. The molecule has 2 N–H and O–H groups in total. The molecule has 0 radical (unpaired) electrons. The quantitative estimate of drug-likeness (QED) is 0.849. The van der Waals surface area contributed by atoms with Crippen LogP contribution in [0.1, 0.15) is 30.7 Å². The molecule has 1 unspecified atom stereocenters. The van der Waals surface area contributed by atoms with Crippen molar-refractivity contribution < 1.29 is 14.7 Å². The fourth-order valence-corrected chi connectivity index (χ4v) is 2.31. The summed E-state index contributed by atoms with van der Waals surface area (Å²) in [6.07, 6.45) is 2.94. The van der Waals surface area contributed by atoms with Crippen molar-refractivity contribution in [1.82, 2.24) is 5.32 Å². The number of ketones is 1. The number of rotatable bonds is 5. The number of hydrogen-bond acceptors (Lipinski definition) is 3. The van der Waals surface area contributed by atoms with Gasteiger partial charge in [0.05, 0.1) is 6.42 Å². The summed E-state index contributed by atoms with van der Waals surface area (Å²) in [6.45, 7) is 0.357. The lowest BCUT2D eigenvalue weighted by molar-refractivity contribution is -0.136. The number of allylic oxidation sites excluding steroid dienone is 2. The van der Waals surface area contributed by atoms with E-state index in [-0.39, 0.29) is 18.1 Å². The SMILES string of the molecule is O=C(O)CCNC1=CC(=O)CC(c2ccccc2)C1. The molecule has 100 valence electrons. The first kappa shape index (κ1) is 13.3. The van der Waals surface area contributed by atoms with Gasteiger partial charge in [-0.15, -0.1) is 0 Å². The van der Waals surface area contributed by atoms with Gasteiger partial charge in [0.1, 0.15) is 0 Å². The molecule has 0 heterocycles. The molecule has 19 heavy (non-hydrogen) atoms. The molecule has 0 bridgehead atoms. The van der Waals surface area contributed by atoms with E-state index < -0.39 is 5.97 Å². The zero-order chi connectivity index (χ0) is 13.7. The predicted molar refractivity (Wildman–Crippen MR) is 71.8 cm³/mol. The number of carboxylic acids is 1. The van der Waals surface area contributed by atoms with Crippen LogP contribution >= 0.6 is 0 Å². The normalized spacial score (nSPS) is 18.8. The summed E-state index contributed by atoms with van der Waals surface area (Å²) in [5.74, 6) is -0.557. The Hall–Kier alpha value is -2.10. The maximum atomic E-state index is 11.7. The first-order valence-corrected chi connectivity index (χ1v) is 6.39. The highest BCUT2D eigenvalue weighted by atomic mass is 16.4. The van der Waals surface area contributed by atoms with Crippen LogP contribution in [0, 0.1) is 0 Å². The Morgan fingerprint density at radius 1 is 1.26 bits per heavy atom. The highest BCUT2D eigenvalue weighted by Crippen LogP contribution is 2.30. The minimum absolute atomic E-state index is 0.0571. The molecular formula is C15H17NO3. The van der Waals surface area contributed by atoms with Gasteiger partial charge in [-0.25, -0.2) is 0 Å². The average Bonchev–Trinajstić information content (AvgIpc) is 2.39. The Morgan fingerprint density at radius 2 is 2.00 bits per heavy atom. The van der Waals surface area contributed by atoms with E-state index in [0.29, 0.717) is 13.0 Å². The molecule has 0 saturated heterocycles. The van der Waals surface area contributed by atoms with E-state index in [9.17, 15) is 9.59 Å². The van der Waals surface area contributed by atoms with Gasteiger partial charge >= 0.3 is 5.97 Å². The van der Waals surface area contributed by atoms with E-state index in [1.54, 1.807) is 6.08 Å². The van der Waals surface area contributed by atoms with Crippen molar-refractivity contribution in [3.05, 3.63) is 47.7 Å². The molecule has 0 fully saturated rings. The Bertz CT molecular complexity index is 493. The number of carbonyl (C=O) groups is 2. The van der Waals surface area contributed by atoms with Gasteiger partial charge in [0.15, 0.2) is 5.78 Å². The summed E-state index contributed by atoms with van der Waals surface area (Å²) in [5.41, 5.74) is 1.99. The van der Waals surface area contributed by atoms with Gasteiger partial charge in [-0.3, -0.25) is 9.59 Å². The minimum Gasteiger partial charge on any atom is -0.481 e. The largest absolute Gasteiger partial charge is 0.481 e. The Balaban J connectivity index is 1.98. The zero-order valence-electron chi connectivity index (χ0n) is 10.6. The van der Waals surface area contributed by atoms with Crippen LogP contribution in [0.25, 0.3) is 0 Å². The van der Waals surface area contributed by atoms with Crippen LogP contribution in [-0.4, -0.2) is 23.4 Å². The maximum absolute atomic E-state index is 11.7. The fourth-order valence-electron chi connectivity index (χ4n) is 2.31. The van der Waals surface area contributed by atoms with Crippen molar-refractivity contribution >= 4 is 11.8 Å². The molecule has 0 aromatic heterocycles. The van der Waals surface area contributed by atoms with E-state index in [4.69, 9.17) is 5.11 Å². The zero-order valence-corrected chi connectivity index (χ0v) is 10.6. The highest BCUT2D eigenvalue weighted by Gasteiger charge is 2.21. The van der Waals surface area contributed by atoms with Gasteiger partial charge < -0.3 is 10.4 Å². The standard InChI is InChI=1S/C15H17NO3/c17-14-9-12(11-4-2-1-3-5-11)8-13(10-14)16-7-6-15(18)19/h1-5,10,12,16H,6-9H2,(H,18,19). The van der Waals surface area contributed by atoms with Crippen LogP contribution in [0.15, 0.2) is 42.1 Å². The molecule has 1 aliphatic rings. The van der Waals surface area contributed by atoms with Crippen LogP contribution in [0.3, 0.4) is 0 Å². The summed E-state index contributed by atoms with van der Waals surface area (Å²) in [4.78, 5) is 22.2. The Morgan fingerprint density at radius 3 is 2.68 bits per heavy atom. The number of nitrogens with one attached hydrogen (secondary N) is 1. The van der Waals surface area contributed by atoms with Crippen molar-refractivity contribution in [2.24, 2.45) is 0 Å². The van der Waals surface area contributed by atoms with Gasteiger partial charge in [0.25, 0.3) is 0 Å². The second-order valence-corrected chi connectivity index (χ2v) is 4.72. The van der Waals surface area contributed by atoms with Crippen LogP contribution in [0.5, 0.6) is 0 Å². The average molecular weight is 259 g/mol. The Labute approximate surface area is 112 Å². The van der Waals surface area contributed by atoms with E-state index in [1.807, 2.05) is 30.3 Å². The lowest BCUT2D eigenvalue weighted by Crippen LogP contribution is -2.24. The first-order valence-electron chi connectivity index (χ1n) is 6.39. The van der Waals surface area contributed by atoms with E-state index in [1.165, 1.54) is 0 Å². The molecule has 2 rings (SSSR count). The van der Waals surface area contributed by atoms with Crippen LogP contribution in [0.2, 0.25) is 0 Å². The number of hydrogen-bond donors (Lipinski definition) is 2. The predicted octanol–water partition coefficient (Wildman–Crippen LogP) is 2.08. The van der Waals surface area contributed by atoms with Gasteiger partial charge in [-0.1, -0.05) is 30.3 Å². The molecule has 0 spiro atoms. The summed E-state index contributed by atoms with van der Waals surface area (Å²) in [7, 11) is 0. The second kappa shape index (κ2) is 6.18. The summed E-state index contributed by atoms with van der Waals surface area (Å²) in [5, 5.41) is 11.6. The summed E-state index contributed by atoms with van der Waals surface area (Å²) >= 11 is 0. The van der Waals surface area contributed by atoms with Crippen molar-refractivity contribution in [3.63, 3.8) is 0 Å². The smallest absolute Gasteiger partial charge is 0.305 e. The highest BCUT2D eigenvalue weighted by molar-refractivity contribution is 5.92. The molecule has 1 aliphatic carbocycles. The minimum atomic E-state index is -0.838. The molecule has 1 aromatic carbocycles. The molecular weight excluding hydrogens is 242 g/mol. The second-order valence-electron chi connectivity index (χ2n) is 4.72. The number of carboxylic acid groups (broad SMARTS) is 1. The van der Waals surface area contributed by atoms with Crippen molar-refractivity contribution in [3.8, 4) is 0 Å². The van der Waals surface area contributed by atoms with E-state index >= 15 is 0 Å². The van der Waals surface area contributed by atoms with Crippen LogP contribution in [0.4, 0.5) is 0 Å². The Kier molecular flexibility index (Phi) is 4.34. The van der Waals surface area contributed by atoms with Crippen molar-refractivity contribution in [2.75, 3.05) is 6.54 Å².